The van der Waals surface area contributed by atoms with Crippen molar-refractivity contribution in [1.82, 2.24) is 4.31 Å². The van der Waals surface area contributed by atoms with Gasteiger partial charge in [-0.15, -0.1) is 0 Å². The maximum atomic E-state index is 11.9. The van der Waals surface area contributed by atoms with Crippen LogP contribution in [0.2, 0.25) is 0 Å². The second kappa shape index (κ2) is 7.39. The Balaban J connectivity index is 2.69. The lowest BCUT2D eigenvalue weighted by molar-refractivity contribution is -0.139. The molecule has 1 unspecified atom stereocenters. The molecule has 21 heavy (non-hydrogen) atoms. The molecule has 0 heterocycles. The van der Waals surface area contributed by atoms with E-state index in [2.05, 4.69) is 5.32 Å². The molecule has 2 N–H and O–H groups in total. The summed E-state index contributed by atoms with van der Waals surface area (Å²) in [5.74, 6) is -0.934. The highest BCUT2D eigenvalue weighted by Gasteiger charge is 2.17. The molecule has 0 saturated carbocycles. The van der Waals surface area contributed by atoms with Gasteiger partial charge in [0.2, 0.25) is 10.0 Å². The lowest BCUT2D eigenvalue weighted by atomic mass is 10.2. The average Bonchev–Trinajstić information content (AvgIpc) is 2.43. The molecule has 1 atom stereocenters. The monoisotopic (exact) mass is 316 g/mol. The van der Waals surface area contributed by atoms with Gasteiger partial charge in [-0.3, -0.25) is 4.79 Å². The number of aliphatic carboxylic acids is 1. The van der Waals surface area contributed by atoms with Crippen molar-refractivity contribution in [3.63, 3.8) is 0 Å². The molecule has 0 aliphatic rings. The van der Waals surface area contributed by atoms with E-state index in [4.69, 9.17) is 9.84 Å². The highest BCUT2D eigenvalue weighted by molar-refractivity contribution is 7.89. The quantitative estimate of drug-likeness (QED) is 0.738. The van der Waals surface area contributed by atoms with Crippen molar-refractivity contribution in [3.8, 4) is 0 Å². The second-order valence-electron chi connectivity index (χ2n) is 4.65. The predicted octanol–water partition coefficient (Wildman–Crippen LogP) is 0.838. The number of anilines is 1. The SMILES string of the molecule is COC(CNc1ccc(S(=O)(=O)N(C)C)cc1)CC(=O)O. The molecular weight excluding hydrogens is 296 g/mol. The van der Waals surface area contributed by atoms with Crippen molar-refractivity contribution in [2.24, 2.45) is 0 Å². The first-order valence-electron chi connectivity index (χ1n) is 6.28. The van der Waals surface area contributed by atoms with Crippen LogP contribution in [0, 0.1) is 0 Å². The van der Waals surface area contributed by atoms with Crippen molar-refractivity contribution < 1.29 is 23.1 Å². The van der Waals surface area contributed by atoms with E-state index >= 15 is 0 Å². The molecule has 1 rings (SSSR count). The minimum atomic E-state index is -3.44. The van der Waals surface area contributed by atoms with Gasteiger partial charge in [0.05, 0.1) is 17.4 Å². The summed E-state index contributed by atoms with van der Waals surface area (Å²) in [5.41, 5.74) is 0.695. The third kappa shape index (κ3) is 5.00. The van der Waals surface area contributed by atoms with Crippen LogP contribution >= 0.6 is 0 Å². The molecular formula is C13H20N2O5S. The minimum absolute atomic E-state index is 0.101. The number of hydrogen-bond acceptors (Lipinski definition) is 5. The summed E-state index contributed by atoms with van der Waals surface area (Å²) in [4.78, 5) is 10.8. The first kappa shape index (κ1) is 17.4. The number of carbonyl (C=O) groups is 1. The van der Waals surface area contributed by atoms with Crippen LogP contribution in [-0.4, -0.2) is 57.7 Å². The van der Waals surface area contributed by atoms with Gasteiger partial charge in [0.15, 0.2) is 0 Å². The number of hydrogen-bond donors (Lipinski definition) is 2. The minimum Gasteiger partial charge on any atom is -0.481 e. The molecule has 1 aromatic rings. The first-order chi connectivity index (χ1) is 9.77. The molecule has 0 saturated heterocycles. The van der Waals surface area contributed by atoms with E-state index < -0.39 is 22.1 Å². The van der Waals surface area contributed by atoms with Crippen LogP contribution in [0.15, 0.2) is 29.2 Å². The number of carboxylic acid groups (broad SMARTS) is 1. The fraction of sp³-hybridized carbons (Fsp3) is 0.462. The smallest absolute Gasteiger partial charge is 0.306 e. The van der Waals surface area contributed by atoms with Gasteiger partial charge >= 0.3 is 5.97 Å². The lowest BCUT2D eigenvalue weighted by Crippen LogP contribution is -2.25. The molecule has 7 nitrogen and oxygen atoms in total. The Morgan fingerprint density at radius 1 is 1.33 bits per heavy atom. The van der Waals surface area contributed by atoms with Crippen LogP contribution in [0.25, 0.3) is 0 Å². The Morgan fingerprint density at radius 3 is 2.33 bits per heavy atom. The molecule has 0 aliphatic heterocycles. The van der Waals surface area contributed by atoms with Gasteiger partial charge in [-0.25, -0.2) is 12.7 Å². The van der Waals surface area contributed by atoms with Crippen molar-refractivity contribution in [1.29, 1.82) is 0 Å². The zero-order valence-corrected chi connectivity index (χ0v) is 13.1. The molecule has 0 fully saturated rings. The van der Waals surface area contributed by atoms with Crippen molar-refractivity contribution in [2.45, 2.75) is 17.4 Å². The Labute approximate surface area is 124 Å². The van der Waals surface area contributed by atoms with Gasteiger partial charge < -0.3 is 15.2 Å². The van der Waals surface area contributed by atoms with E-state index in [1.807, 2.05) is 0 Å². The number of carboxylic acids is 1. The number of benzene rings is 1. The van der Waals surface area contributed by atoms with Gasteiger partial charge in [-0.2, -0.15) is 0 Å². The Hall–Kier alpha value is -1.64. The normalized spacial score (nSPS) is 13.1. The zero-order chi connectivity index (χ0) is 16.0. The summed E-state index contributed by atoms with van der Waals surface area (Å²) in [6.07, 6.45) is -0.552. The van der Waals surface area contributed by atoms with E-state index in [-0.39, 0.29) is 11.3 Å². The van der Waals surface area contributed by atoms with Gasteiger partial charge in [-0.05, 0) is 24.3 Å². The standard InChI is InChI=1S/C13H20N2O5S/c1-15(2)21(18,19)12-6-4-10(5-7-12)14-9-11(20-3)8-13(16)17/h4-7,11,14H,8-9H2,1-3H3,(H,16,17). The van der Waals surface area contributed by atoms with Crippen LogP contribution in [0.4, 0.5) is 5.69 Å². The van der Waals surface area contributed by atoms with Crippen molar-refractivity contribution >= 4 is 21.7 Å². The van der Waals surface area contributed by atoms with Crippen LogP contribution in [0.3, 0.4) is 0 Å². The number of rotatable bonds is 8. The van der Waals surface area contributed by atoms with Gasteiger partial charge in [0.25, 0.3) is 0 Å². The maximum absolute atomic E-state index is 11.9. The zero-order valence-electron chi connectivity index (χ0n) is 12.2. The Morgan fingerprint density at radius 2 is 1.90 bits per heavy atom. The maximum Gasteiger partial charge on any atom is 0.306 e. The number of methoxy groups -OCH3 is 1. The van der Waals surface area contributed by atoms with Crippen LogP contribution in [0.5, 0.6) is 0 Å². The molecule has 118 valence electrons. The molecule has 0 aromatic heterocycles. The summed E-state index contributed by atoms with van der Waals surface area (Å²) in [5, 5.41) is 11.7. The summed E-state index contributed by atoms with van der Waals surface area (Å²) in [6, 6.07) is 6.25. The summed E-state index contributed by atoms with van der Waals surface area (Å²) in [6.45, 7) is 0.322. The second-order valence-corrected chi connectivity index (χ2v) is 6.80. The largest absolute Gasteiger partial charge is 0.481 e. The van der Waals surface area contributed by atoms with Crippen molar-refractivity contribution in [3.05, 3.63) is 24.3 Å². The Bertz CT molecular complexity index is 569. The number of ether oxygens (including phenoxy) is 1. The number of nitrogens with zero attached hydrogens (tertiary/aromatic N) is 1. The number of nitrogens with one attached hydrogen (secondary N) is 1. The molecule has 0 amide bonds. The first-order valence-corrected chi connectivity index (χ1v) is 7.72. The number of sulfonamides is 1. The topological polar surface area (TPSA) is 95.9 Å². The molecule has 1 aromatic carbocycles. The van der Waals surface area contributed by atoms with Gasteiger partial charge in [0, 0.05) is 33.4 Å². The fourth-order valence-electron chi connectivity index (χ4n) is 1.62. The van der Waals surface area contributed by atoms with Crippen LogP contribution in [-0.2, 0) is 19.6 Å². The van der Waals surface area contributed by atoms with E-state index in [0.717, 1.165) is 4.31 Å². The van der Waals surface area contributed by atoms with E-state index in [9.17, 15) is 13.2 Å². The molecule has 0 spiro atoms. The molecule has 0 bridgehead atoms. The summed E-state index contributed by atoms with van der Waals surface area (Å²) in [7, 11) is 0.942. The third-order valence-corrected chi connectivity index (χ3v) is 4.73. The highest BCUT2D eigenvalue weighted by Crippen LogP contribution is 2.16. The van der Waals surface area contributed by atoms with Crippen LogP contribution < -0.4 is 5.32 Å². The average molecular weight is 316 g/mol. The van der Waals surface area contributed by atoms with Crippen molar-refractivity contribution in [2.75, 3.05) is 33.1 Å². The fourth-order valence-corrected chi connectivity index (χ4v) is 2.52. The lowest BCUT2D eigenvalue weighted by Gasteiger charge is -2.15. The molecule has 0 radical (unpaired) electrons. The molecule has 0 aliphatic carbocycles. The van der Waals surface area contributed by atoms with Crippen LogP contribution in [0.1, 0.15) is 6.42 Å². The predicted molar refractivity (Wildman–Crippen MR) is 78.9 cm³/mol. The summed E-state index contributed by atoms with van der Waals surface area (Å²) < 4.78 is 30.0. The van der Waals surface area contributed by atoms with Gasteiger partial charge in [0.1, 0.15) is 0 Å². The van der Waals surface area contributed by atoms with E-state index in [1.54, 1.807) is 12.1 Å². The van der Waals surface area contributed by atoms with E-state index in [0.29, 0.717) is 12.2 Å². The van der Waals surface area contributed by atoms with Gasteiger partial charge in [-0.1, -0.05) is 0 Å². The molecule has 8 heteroatoms. The third-order valence-electron chi connectivity index (χ3n) is 2.90. The Kier molecular flexibility index (Phi) is 6.13. The summed E-state index contributed by atoms with van der Waals surface area (Å²) >= 11 is 0. The van der Waals surface area contributed by atoms with E-state index in [1.165, 1.54) is 33.3 Å². The highest BCUT2D eigenvalue weighted by atomic mass is 32.2.